The molecule has 2 bridgehead atoms. The first-order chi connectivity index (χ1) is 17.1. The Kier molecular flexibility index (Phi) is 8.54. The molecule has 0 radical (unpaired) electrons. The molecule has 194 valence electrons. The van der Waals surface area contributed by atoms with Crippen molar-refractivity contribution in [3.63, 3.8) is 0 Å². The number of rotatable bonds is 8. The quantitative estimate of drug-likeness (QED) is 0.407. The van der Waals surface area contributed by atoms with Gasteiger partial charge in [-0.05, 0) is 80.4 Å². The highest BCUT2D eigenvalue weighted by Gasteiger charge is 2.42. The topological polar surface area (TPSA) is 64.6 Å². The lowest BCUT2D eigenvalue weighted by molar-refractivity contribution is 0.107. The fourth-order valence-electron chi connectivity index (χ4n) is 7.75. The van der Waals surface area contributed by atoms with Crippen molar-refractivity contribution >= 4 is 6.03 Å². The second-order valence-corrected chi connectivity index (χ2v) is 12.1. The van der Waals surface area contributed by atoms with Gasteiger partial charge in [-0.1, -0.05) is 63.5 Å². The predicted octanol–water partition coefficient (Wildman–Crippen LogP) is 6.32. The summed E-state index contributed by atoms with van der Waals surface area (Å²) in [5, 5.41) is 16.7. The van der Waals surface area contributed by atoms with Crippen LogP contribution in [-0.2, 0) is 0 Å². The Hall–Kier alpha value is -1.75. The maximum atomic E-state index is 13.0. The van der Waals surface area contributed by atoms with Crippen molar-refractivity contribution in [2.75, 3.05) is 13.1 Å². The third kappa shape index (κ3) is 6.72. The molecule has 2 aliphatic carbocycles. The van der Waals surface area contributed by atoms with Crippen molar-refractivity contribution in [1.82, 2.24) is 15.5 Å². The standard InChI is InChI=1S/C30H47N3O2/c34-29-13-7-12-24(19-29)25-17-27-14-15-28(18-25)33(27)21-26(16-22-8-3-1-4-9-22)32-30(35)31-20-23-10-5-2-6-11-23/h7,12-13,19,22-23,25-28,34H,1-6,8-11,14-18,20-21H2,(H2,31,32,35). The second-order valence-electron chi connectivity index (χ2n) is 12.1. The average molecular weight is 482 g/mol. The normalized spacial score (nSPS) is 29.1. The zero-order chi connectivity index (χ0) is 24.0. The van der Waals surface area contributed by atoms with Crippen molar-refractivity contribution in [3.8, 4) is 5.75 Å². The summed E-state index contributed by atoms with van der Waals surface area (Å²) in [5.41, 5.74) is 1.29. The molecule has 3 N–H and O–H groups in total. The molecule has 2 amide bonds. The number of aromatic hydroxyl groups is 1. The smallest absolute Gasteiger partial charge is 0.315 e. The van der Waals surface area contributed by atoms with E-state index in [1.165, 1.54) is 95.5 Å². The molecule has 3 atom stereocenters. The number of amides is 2. The van der Waals surface area contributed by atoms with Gasteiger partial charge in [0.05, 0.1) is 0 Å². The van der Waals surface area contributed by atoms with E-state index in [2.05, 4.69) is 21.6 Å². The third-order valence-corrected chi connectivity index (χ3v) is 9.61. The number of hydrogen-bond acceptors (Lipinski definition) is 3. The summed E-state index contributed by atoms with van der Waals surface area (Å²) in [5.74, 6) is 2.35. The maximum absolute atomic E-state index is 13.0. The Labute approximate surface area is 212 Å². The summed E-state index contributed by atoms with van der Waals surface area (Å²) in [4.78, 5) is 15.7. The van der Waals surface area contributed by atoms with Crippen LogP contribution in [0.2, 0.25) is 0 Å². The molecule has 3 unspecified atom stereocenters. The van der Waals surface area contributed by atoms with Crippen molar-refractivity contribution < 1.29 is 9.90 Å². The highest BCUT2D eigenvalue weighted by Crippen LogP contribution is 2.43. The van der Waals surface area contributed by atoms with Gasteiger partial charge in [-0.2, -0.15) is 0 Å². The number of nitrogens with one attached hydrogen (secondary N) is 2. The van der Waals surface area contributed by atoms with Gasteiger partial charge in [0, 0.05) is 31.2 Å². The Morgan fingerprint density at radius 1 is 0.914 bits per heavy atom. The van der Waals surface area contributed by atoms with E-state index in [4.69, 9.17) is 0 Å². The Morgan fingerprint density at radius 2 is 1.57 bits per heavy atom. The zero-order valence-corrected chi connectivity index (χ0v) is 21.6. The summed E-state index contributed by atoms with van der Waals surface area (Å²) in [7, 11) is 0. The number of phenolic OH excluding ortho intramolecular Hbond substituents is 1. The van der Waals surface area contributed by atoms with Gasteiger partial charge < -0.3 is 15.7 Å². The fraction of sp³-hybridized carbons (Fsp3) is 0.767. The SMILES string of the molecule is O=C(NCC1CCCCC1)NC(CC1CCCCC1)CN1C2CCC1CC(c1cccc(O)c1)C2. The van der Waals surface area contributed by atoms with Crippen LogP contribution in [0, 0.1) is 11.8 Å². The number of benzene rings is 1. The molecule has 4 fully saturated rings. The van der Waals surface area contributed by atoms with E-state index < -0.39 is 0 Å². The van der Waals surface area contributed by atoms with Crippen LogP contribution in [-0.4, -0.2) is 47.3 Å². The lowest BCUT2D eigenvalue weighted by atomic mass is 9.83. The number of phenols is 1. The summed E-state index contributed by atoms with van der Waals surface area (Å²) in [6, 6.07) is 9.39. The van der Waals surface area contributed by atoms with Crippen LogP contribution in [0.3, 0.4) is 0 Å². The molecular weight excluding hydrogens is 434 g/mol. The number of urea groups is 1. The minimum absolute atomic E-state index is 0.0541. The summed E-state index contributed by atoms with van der Waals surface area (Å²) < 4.78 is 0. The van der Waals surface area contributed by atoms with Crippen LogP contribution < -0.4 is 10.6 Å². The molecule has 0 spiro atoms. The van der Waals surface area contributed by atoms with Gasteiger partial charge in [0.25, 0.3) is 0 Å². The summed E-state index contributed by atoms with van der Waals surface area (Å²) in [6.45, 7) is 1.83. The van der Waals surface area contributed by atoms with E-state index in [1.54, 1.807) is 6.07 Å². The maximum Gasteiger partial charge on any atom is 0.315 e. The van der Waals surface area contributed by atoms with E-state index in [-0.39, 0.29) is 12.1 Å². The molecular formula is C30H47N3O2. The van der Waals surface area contributed by atoms with Gasteiger partial charge in [-0.3, -0.25) is 4.90 Å². The van der Waals surface area contributed by atoms with Crippen molar-refractivity contribution in [1.29, 1.82) is 0 Å². The molecule has 0 aromatic heterocycles. The molecule has 5 nitrogen and oxygen atoms in total. The third-order valence-electron chi connectivity index (χ3n) is 9.61. The van der Waals surface area contributed by atoms with Crippen LogP contribution in [0.5, 0.6) is 5.75 Å². The van der Waals surface area contributed by atoms with Crippen LogP contribution in [0.25, 0.3) is 0 Å². The zero-order valence-electron chi connectivity index (χ0n) is 21.6. The average Bonchev–Trinajstić information content (AvgIpc) is 3.09. The number of carbonyl (C=O) groups excluding carboxylic acids is 1. The highest BCUT2D eigenvalue weighted by molar-refractivity contribution is 5.74. The Morgan fingerprint density at radius 3 is 2.23 bits per heavy atom. The predicted molar refractivity (Wildman–Crippen MR) is 142 cm³/mol. The number of fused-ring (bicyclic) bond motifs is 2. The molecule has 2 saturated carbocycles. The molecule has 4 aliphatic rings. The molecule has 2 saturated heterocycles. The van der Waals surface area contributed by atoms with Gasteiger partial charge in [-0.25, -0.2) is 4.79 Å². The second kappa shape index (κ2) is 12.0. The number of carbonyl (C=O) groups is 1. The van der Waals surface area contributed by atoms with E-state index in [0.717, 1.165) is 25.4 Å². The summed E-state index contributed by atoms with van der Waals surface area (Å²) >= 11 is 0. The summed E-state index contributed by atoms with van der Waals surface area (Å²) in [6.07, 6.45) is 19.3. The first-order valence-corrected chi connectivity index (χ1v) is 14.7. The number of nitrogens with zero attached hydrogens (tertiary/aromatic N) is 1. The lowest BCUT2D eigenvalue weighted by Gasteiger charge is -2.41. The highest BCUT2D eigenvalue weighted by atomic mass is 16.3. The minimum Gasteiger partial charge on any atom is -0.508 e. The monoisotopic (exact) mass is 481 g/mol. The van der Waals surface area contributed by atoms with Crippen molar-refractivity contribution in [3.05, 3.63) is 29.8 Å². The lowest BCUT2D eigenvalue weighted by Crippen LogP contribution is -2.53. The first kappa shape index (κ1) is 24.9. The van der Waals surface area contributed by atoms with Gasteiger partial charge in [0.2, 0.25) is 0 Å². The fourth-order valence-corrected chi connectivity index (χ4v) is 7.75. The van der Waals surface area contributed by atoms with E-state index in [9.17, 15) is 9.90 Å². The molecule has 1 aromatic rings. The molecule has 35 heavy (non-hydrogen) atoms. The van der Waals surface area contributed by atoms with Gasteiger partial charge in [0.15, 0.2) is 0 Å². The molecule has 5 heteroatoms. The number of piperidine rings is 1. The van der Waals surface area contributed by atoms with E-state index >= 15 is 0 Å². The van der Waals surface area contributed by atoms with Gasteiger partial charge in [-0.15, -0.1) is 0 Å². The van der Waals surface area contributed by atoms with Crippen LogP contribution >= 0.6 is 0 Å². The molecule has 1 aromatic carbocycles. The van der Waals surface area contributed by atoms with Gasteiger partial charge in [0.1, 0.15) is 5.75 Å². The Balaban J connectivity index is 1.19. The van der Waals surface area contributed by atoms with Crippen molar-refractivity contribution in [2.24, 2.45) is 11.8 Å². The van der Waals surface area contributed by atoms with Crippen molar-refractivity contribution in [2.45, 2.75) is 120 Å². The van der Waals surface area contributed by atoms with Crippen LogP contribution in [0.15, 0.2) is 24.3 Å². The van der Waals surface area contributed by atoms with Crippen LogP contribution in [0.1, 0.15) is 108 Å². The van der Waals surface area contributed by atoms with E-state index in [0.29, 0.717) is 29.7 Å². The first-order valence-electron chi connectivity index (χ1n) is 14.7. The minimum atomic E-state index is 0.0541. The van der Waals surface area contributed by atoms with E-state index in [1.807, 2.05) is 12.1 Å². The van der Waals surface area contributed by atoms with Crippen LogP contribution in [0.4, 0.5) is 4.79 Å². The molecule has 2 heterocycles. The van der Waals surface area contributed by atoms with Gasteiger partial charge >= 0.3 is 6.03 Å². The Bertz CT molecular complexity index is 804. The molecule has 2 aliphatic heterocycles. The molecule has 5 rings (SSSR count). The largest absolute Gasteiger partial charge is 0.508 e. The number of hydrogen-bond donors (Lipinski definition) is 3.